The maximum Gasteiger partial charge on any atom is 0.0822 e. The Labute approximate surface area is 88.7 Å². The second-order valence-electron chi connectivity index (χ2n) is 3.79. The van der Waals surface area contributed by atoms with Crippen LogP contribution < -0.4 is 0 Å². The van der Waals surface area contributed by atoms with Crippen LogP contribution in [0.15, 0.2) is 0 Å². The zero-order valence-electron chi connectivity index (χ0n) is 9.59. The zero-order valence-corrected chi connectivity index (χ0v) is 9.59. The van der Waals surface area contributed by atoms with E-state index < -0.39 is 0 Å². The van der Waals surface area contributed by atoms with Crippen LogP contribution >= 0.6 is 0 Å². The fourth-order valence-electron chi connectivity index (χ4n) is 1.39. The highest BCUT2D eigenvalue weighted by atomic mass is 16.5. The van der Waals surface area contributed by atoms with Gasteiger partial charge in [0.15, 0.2) is 0 Å². The second kappa shape index (κ2) is 12.9. The van der Waals surface area contributed by atoms with Gasteiger partial charge in [0.05, 0.1) is 6.61 Å². The Morgan fingerprint density at radius 2 is 1.36 bits per heavy atom. The van der Waals surface area contributed by atoms with E-state index in [-0.39, 0.29) is 6.61 Å². The normalized spacial score (nSPS) is 10.7. The summed E-state index contributed by atoms with van der Waals surface area (Å²) in [5.41, 5.74) is 0. The minimum absolute atomic E-state index is 0.0812. The molecule has 0 unspecified atom stereocenters. The summed E-state index contributed by atoms with van der Waals surface area (Å²) in [5, 5.41) is 10.1. The molecular weight excluding hydrogens is 176 g/mol. The predicted molar refractivity (Wildman–Crippen MR) is 59.0 cm³/mol. The third kappa shape index (κ3) is 11.9. The first-order valence-corrected chi connectivity index (χ1v) is 6.07. The van der Waals surface area contributed by atoms with Crippen LogP contribution in [0.25, 0.3) is 0 Å². The van der Waals surface area contributed by atoms with E-state index in [0.29, 0.717) is 0 Å². The first-order chi connectivity index (χ1) is 6.91. The molecule has 0 aromatic rings. The summed E-state index contributed by atoms with van der Waals surface area (Å²) in [4.78, 5) is 0. The maximum atomic E-state index is 10.1. The average Bonchev–Trinajstić information content (AvgIpc) is 2.21. The van der Waals surface area contributed by atoms with Gasteiger partial charge in [0.25, 0.3) is 0 Å². The SMILES string of the molecule is CCCCCCOCCCCCC[O]. The van der Waals surface area contributed by atoms with Crippen molar-refractivity contribution in [1.82, 2.24) is 0 Å². The molecule has 0 rings (SSSR count). The van der Waals surface area contributed by atoms with Crippen LogP contribution in [-0.4, -0.2) is 19.8 Å². The van der Waals surface area contributed by atoms with Crippen LogP contribution in [0, 0.1) is 0 Å². The largest absolute Gasteiger partial charge is 0.381 e. The summed E-state index contributed by atoms with van der Waals surface area (Å²) in [6.07, 6.45) is 9.29. The quantitative estimate of drug-likeness (QED) is 0.470. The first-order valence-electron chi connectivity index (χ1n) is 6.07. The fourth-order valence-corrected chi connectivity index (χ4v) is 1.39. The van der Waals surface area contributed by atoms with E-state index in [0.717, 1.165) is 38.9 Å². The molecule has 0 aliphatic carbocycles. The lowest BCUT2D eigenvalue weighted by Gasteiger charge is -2.03. The Kier molecular flexibility index (Phi) is 12.8. The fraction of sp³-hybridized carbons (Fsp3) is 1.00. The lowest BCUT2D eigenvalue weighted by atomic mass is 10.2. The Balaban J connectivity index is 2.78. The van der Waals surface area contributed by atoms with Crippen molar-refractivity contribution in [2.24, 2.45) is 0 Å². The number of rotatable bonds is 11. The molecule has 0 aliphatic rings. The topological polar surface area (TPSA) is 29.1 Å². The van der Waals surface area contributed by atoms with Crippen LogP contribution in [0.4, 0.5) is 0 Å². The molecule has 0 heterocycles. The van der Waals surface area contributed by atoms with Gasteiger partial charge in [0, 0.05) is 13.2 Å². The van der Waals surface area contributed by atoms with Crippen LogP contribution in [0.2, 0.25) is 0 Å². The lowest BCUT2D eigenvalue weighted by Crippen LogP contribution is -1.97. The predicted octanol–water partition coefficient (Wildman–Crippen LogP) is 3.57. The molecule has 14 heavy (non-hydrogen) atoms. The molecule has 0 N–H and O–H groups in total. The van der Waals surface area contributed by atoms with Crippen molar-refractivity contribution in [3.05, 3.63) is 0 Å². The molecule has 1 radical (unpaired) electrons. The van der Waals surface area contributed by atoms with Crippen LogP contribution in [0.3, 0.4) is 0 Å². The summed E-state index contributed by atoms with van der Waals surface area (Å²) in [7, 11) is 0. The summed E-state index contributed by atoms with van der Waals surface area (Å²) in [6, 6.07) is 0. The van der Waals surface area contributed by atoms with Crippen molar-refractivity contribution >= 4 is 0 Å². The molecule has 0 spiro atoms. The highest BCUT2D eigenvalue weighted by molar-refractivity contribution is 4.43. The summed E-state index contributed by atoms with van der Waals surface area (Å²) >= 11 is 0. The second-order valence-corrected chi connectivity index (χ2v) is 3.79. The monoisotopic (exact) mass is 201 g/mol. The van der Waals surface area contributed by atoms with Crippen molar-refractivity contribution in [3.63, 3.8) is 0 Å². The van der Waals surface area contributed by atoms with E-state index in [1.54, 1.807) is 0 Å². The molecule has 85 valence electrons. The van der Waals surface area contributed by atoms with Crippen molar-refractivity contribution in [2.45, 2.75) is 58.3 Å². The molecular formula is C12H25O2. The van der Waals surface area contributed by atoms with E-state index in [2.05, 4.69) is 6.92 Å². The molecule has 0 atom stereocenters. The minimum atomic E-state index is 0.0812. The van der Waals surface area contributed by atoms with E-state index in [1.807, 2.05) is 0 Å². The molecule has 0 fully saturated rings. The Morgan fingerprint density at radius 3 is 1.93 bits per heavy atom. The standard InChI is InChI=1S/C12H25O2/c1-2-3-4-8-11-14-12-9-6-5-7-10-13/h2-12H2,1H3. The van der Waals surface area contributed by atoms with Crippen LogP contribution in [-0.2, 0) is 9.84 Å². The van der Waals surface area contributed by atoms with Gasteiger partial charge >= 0.3 is 0 Å². The molecule has 0 aliphatic heterocycles. The molecule has 2 heteroatoms. The number of hydrogen-bond acceptors (Lipinski definition) is 1. The Bertz CT molecular complexity index is 82.3. The third-order valence-corrected chi connectivity index (χ3v) is 2.33. The molecule has 0 saturated heterocycles. The Morgan fingerprint density at radius 1 is 0.786 bits per heavy atom. The Hall–Kier alpha value is -0.0800. The smallest absolute Gasteiger partial charge is 0.0822 e. The van der Waals surface area contributed by atoms with E-state index in [1.165, 1.54) is 25.7 Å². The van der Waals surface area contributed by atoms with Crippen molar-refractivity contribution < 1.29 is 9.84 Å². The number of hydrogen-bond donors (Lipinski definition) is 0. The van der Waals surface area contributed by atoms with E-state index >= 15 is 0 Å². The molecule has 2 nitrogen and oxygen atoms in total. The molecule has 0 saturated carbocycles. The highest BCUT2D eigenvalue weighted by Gasteiger charge is 1.91. The molecule has 0 aromatic carbocycles. The van der Waals surface area contributed by atoms with Gasteiger partial charge in [0.2, 0.25) is 0 Å². The molecule has 0 amide bonds. The van der Waals surface area contributed by atoms with Gasteiger partial charge in [-0.3, -0.25) is 0 Å². The summed E-state index contributed by atoms with van der Waals surface area (Å²) in [6.45, 7) is 4.10. The van der Waals surface area contributed by atoms with Crippen molar-refractivity contribution in [1.29, 1.82) is 0 Å². The van der Waals surface area contributed by atoms with Crippen molar-refractivity contribution in [3.8, 4) is 0 Å². The highest BCUT2D eigenvalue weighted by Crippen LogP contribution is 2.01. The zero-order chi connectivity index (χ0) is 10.5. The third-order valence-electron chi connectivity index (χ3n) is 2.33. The van der Waals surface area contributed by atoms with E-state index in [4.69, 9.17) is 4.74 Å². The van der Waals surface area contributed by atoms with Gasteiger partial charge in [-0.15, -0.1) is 0 Å². The minimum Gasteiger partial charge on any atom is -0.381 e. The van der Waals surface area contributed by atoms with Gasteiger partial charge in [-0.1, -0.05) is 39.0 Å². The van der Waals surface area contributed by atoms with Crippen molar-refractivity contribution in [2.75, 3.05) is 19.8 Å². The lowest BCUT2D eigenvalue weighted by molar-refractivity contribution is 0.124. The van der Waals surface area contributed by atoms with Gasteiger partial charge in [-0.25, -0.2) is 5.11 Å². The molecule has 0 bridgehead atoms. The van der Waals surface area contributed by atoms with Gasteiger partial charge in [-0.05, 0) is 19.3 Å². The van der Waals surface area contributed by atoms with Crippen LogP contribution in [0.5, 0.6) is 0 Å². The summed E-state index contributed by atoms with van der Waals surface area (Å²) < 4.78 is 5.48. The van der Waals surface area contributed by atoms with Gasteiger partial charge in [0.1, 0.15) is 0 Å². The maximum absolute atomic E-state index is 10.1. The van der Waals surface area contributed by atoms with Gasteiger partial charge in [-0.2, -0.15) is 0 Å². The average molecular weight is 201 g/mol. The number of ether oxygens (including phenoxy) is 1. The number of unbranched alkanes of at least 4 members (excludes halogenated alkanes) is 6. The van der Waals surface area contributed by atoms with E-state index in [9.17, 15) is 5.11 Å². The first kappa shape index (κ1) is 13.9. The van der Waals surface area contributed by atoms with Crippen LogP contribution in [0.1, 0.15) is 58.3 Å². The van der Waals surface area contributed by atoms with Gasteiger partial charge < -0.3 is 4.74 Å². The summed E-state index contributed by atoms with van der Waals surface area (Å²) in [5.74, 6) is 0. The molecule has 0 aromatic heterocycles.